The Morgan fingerprint density at radius 1 is 1.39 bits per heavy atom. The average Bonchev–Trinajstić information content (AvgIpc) is 2.48. The molecule has 0 saturated carbocycles. The quantitative estimate of drug-likeness (QED) is 0.707. The Morgan fingerprint density at radius 2 is 2.09 bits per heavy atom. The van der Waals surface area contributed by atoms with Crippen LogP contribution in [0.4, 0.5) is 0 Å². The van der Waals surface area contributed by atoms with Crippen molar-refractivity contribution >= 4 is 16.9 Å². The molecule has 124 valence electrons. The molecule has 1 heterocycles. The number of carboxylic acids is 1. The first-order chi connectivity index (χ1) is 10.8. The molecular weight excluding hydrogens is 298 g/mol. The first-order valence-electron chi connectivity index (χ1n) is 7.56. The van der Waals surface area contributed by atoms with Gasteiger partial charge in [0.05, 0.1) is 5.56 Å². The van der Waals surface area contributed by atoms with Crippen molar-refractivity contribution < 1.29 is 19.4 Å². The summed E-state index contributed by atoms with van der Waals surface area (Å²) in [5.41, 5.74) is 0.918. The van der Waals surface area contributed by atoms with Crippen molar-refractivity contribution in [3.8, 4) is 5.75 Å². The molecule has 0 bridgehead atoms. The summed E-state index contributed by atoms with van der Waals surface area (Å²) in [5, 5.41) is 23.1. The summed E-state index contributed by atoms with van der Waals surface area (Å²) in [6, 6.07) is 3.84. The maximum atomic E-state index is 11.6. The number of rotatable bonds is 6. The summed E-state index contributed by atoms with van der Waals surface area (Å²) in [5.74, 6) is -1.05. The Balaban J connectivity index is 2.41. The predicted octanol–water partition coefficient (Wildman–Crippen LogP) is 2.40. The number of fused-ring (bicyclic) bond motifs is 1. The van der Waals surface area contributed by atoms with E-state index in [-0.39, 0.29) is 23.8 Å². The fourth-order valence-electron chi connectivity index (χ4n) is 2.58. The molecule has 2 rings (SSSR count). The smallest absolute Gasteiger partial charge is 0.336 e. The first kappa shape index (κ1) is 17.0. The van der Waals surface area contributed by atoms with Crippen LogP contribution in [0.25, 0.3) is 11.0 Å². The molecule has 0 aliphatic carbocycles. The van der Waals surface area contributed by atoms with Gasteiger partial charge in [-0.3, -0.25) is 10.1 Å². The van der Waals surface area contributed by atoms with Gasteiger partial charge in [-0.25, -0.2) is 4.79 Å². The molecule has 0 aliphatic rings. The van der Waals surface area contributed by atoms with Crippen molar-refractivity contribution in [3.05, 3.63) is 39.7 Å². The fourth-order valence-corrected chi connectivity index (χ4v) is 2.58. The molecule has 3 N–H and O–H groups in total. The van der Waals surface area contributed by atoms with Crippen LogP contribution in [-0.2, 0) is 11.3 Å². The third-order valence-corrected chi connectivity index (χ3v) is 4.18. The summed E-state index contributed by atoms with van der Waals surface area (Å²) in [6.07, 6.45) is 0.708. The summed E-state index contributed by atoms with van der Waals surface area (Å²) in [7, 11) is 0. The Labute approximate surface area is 133 Å². The number of phenolic OH excluding ortho intramolecular Hbond substituents is 1. The summed E-state index contributed by atoms with van der Waals surface area (Å²) >= 11 is 0. The number of aliphatic carboxylic acids is 1. The number of phenols is 1. The molecule has 1 aromatic heterocycles. The standard InChI is InChI=1S/C17H21NO5/c1-4-9(2)15(17(21)22)18-8-12-13(19)6-5-11-10(3)7-14(20)23-16(11)12/h5-7,9,15,18-19H,4,8H2,1-3H3,(H,21,22). The molecule has 0 radical (unpaired) electrons. The zero-order valence-electron chi connectivity index (χ0n) is 13.4. The summed E-state index contributed by atoms with van der Waals surface area (Å²) in [4.78, 5) is 23.0. The Bertz CT molecular complexity index is 780. The van der Waals surface area contributed by atoms with Crippen molar-refractivity contribution in [1.29, 1.82) is 0 Å². The van der Waals surface area contributed by atoms with E-state index in [9.17, 15) is 19.8 Å². The minimum Gasteiger partial charge on any atom is -0.507 e. The van der Waals surface area contributed by atoms with Gasteiger partial charge in [0, 0.05) is 18.0 Å². The van der Waals surface area contributed by atoms with Gasteiger partial charge in [0.1, 0.15) is 17.4 Å². The Hall–Kier alpha value is -2.34. The molecule has 6 heteroatoms. The third-order valence-electron chi connectivity index (χ3n) is 4.18. The van der Waals surface area contributed by atoms with Crippen molar-refractivity contribution in [2.24, 2.45) is 5.92 Å². The van der Waals surface area contributed by atoms with Crippen molar-refractivity contribution in [2.75, 3.05) is 0 Å². The largest absolute Gasteiger partial charge is 0.507 e. The predicted molar refractivity (Wildman–Crippen MR) is 86.6 cm³/mol. The van der Waals surface area contributed by atoms with Crippen LogP contribution in [0.2, 0.25) is 0 Å². The topological polar surface area (TPSA) is 99.8 Å². The zero-order valence-corrected chi connectivity index (χ0v) is 13.4. The second-order valence-corrected chi connectivity index (χ2v) is 5.77. The number of aryl methyl sites for hydroxylation is 1. The minimum absolute atomic E-state index is 0.0351. The molecule has 2 atom stereocenters. The molecule has 0 aliphatic heterocycles. The van der Waals surface area contributed by atoms with Gasteiger partial charge < -0.3 is 14.6 Å². The van der Waals surface area contributed by atoms with Gasteiger partial charge in [-0.15, -0.1) is 0 Å². The second-order valence-electron chi connectivity index (χ2n) is 5.77. The molecular formula is C17H21NO5. The number of carbonyl (C=O) groups is 1. The molecule has 2 aromatic rings. The van der Waals surface area contributed by atoms with E-state index in [1.807, 2.05) is 13.8 Å². The van der Waals surface area contributed by atoms with Crippen LogP contribution in [-0.4, -0.2) is 22.2 Å². The lowest BCUT2D eigenvalue weighted by Crippen LogP contribution is -2.41. The van der Waals surface area contributed by atoms with Gasteiger partial charge >= 0.3 is 11.6 Å². The van der Waals surface area contributed by atoms with Crippen molar-refractivity contribution in [1.82, 2.24) is 5.32 Å². The first-order valence-corrected chi connectivity index (χ1v) is 7.56. The molecule has 23 heavy (non-hydrogen) atoms. The van der Waals surface area contributed by atoms with Gasteiger partial charge in [0.15, 0.2) is 0 Å². The lowest BCUT2D eigenvalue weighted by Gasteiger charge is -2.20. The maximum Gasteiger partial charge on any atom is 0.336 e. The van der Waals surface area contributed by atoms with E-state index >= 15 is 0 Å². The van der Waals surface area contributed by atoms with E-state index in [2.05, 4.69) is 5.32 Å². The van der Waals surface area contributed by atoms with Crippen LogP contribution < -0.4 is 10.9 Å². The van der Waals surface area contributed by atoms with E-state index in [0.717, 1.165) is 10.9 Å². The third kappa shape index (κ3) is 3.53. The summed E-state index contributed by atoms with van der Waals surface area (Å²) in [6.45, 7) is 5.64. The van der Waals surface area contributed by atoms with E-state index in [0.29, 0.717) is 12.0 Å². The molecule has 6 nitrogen and oxygen atoms in total. The van der Waals surface area contributed by atoms with Gasteiger partial charge in [-0.05, 0) is 30.5 Å². The highest BCUT2D eigenvalue weighted by Gasteiger charge is 2.24. The maximum absolute atomic E-state index is 11.6. The van der Waals surface area contributed by atoms with Crippen LogP contribution in [0.15, 0.2) is 27.4 Å². The summed E-state index contributed by atoms with van der Waals surface area (Å²) < 4.78 is 5.23. The monoisotopic (exact) mass is 319 g/mol. The highest BCUT2D eigenvalue weighted by molar-refractivity contribution is 5.85. The number of aromatic hydroxyl groups is 1. The highest BCUT2D eigenvalue weighted by atomic mass is 16.4. The zero-order chi connectivity index (χ0) is 17.1. The fraction of sp³-hybridized carbons (Fsp3) is 0.412. The second kappa shape index (κ2) is 6.83. The van der Waals surface area contributed by atoms with Crippen LogP contribution >= 0.6 is 0 Å². The van der Waals surface area contributed by atoms with Crippen molar-refractivity contribution in [2.45, 2.75) is 39.8 Å². The van der Waals surface area contributed by atoms with Gasteiger partial charge in [-0.1, -0.05) is 20.3 Å². The van der Waals surface area contributed by atoms with Crippen LogP contribution in [0.3, 0.4) is 0 Å². The van der Waals surface area contributed by atoms with Crippen LogP contribution in [0.1, 0.15) is 31.4 Å². The van der Waals surface area contributed by atoms with E-state index < -0.39 is 17.6 Å². The number of carboxylic acid groups (broad SMARTS) is 1. The van der Waals surface area contributed by atoms with Gasteiger partial charge in [-0.2, -0.15) is 0 Å². The van der Waals surface area contributed by atoms with Gasteiger partial charge in [0.2, 0.25) is 0 Å². The molecule has 2 unspecified atom stereocenters. The molecule has 0 saturated heterocycles. The minimum atomic E-state index is -0.947. The van der Waals surface area contributed by atoms with Crippen molar-refractivity contribution in [3.63, 3.8) is 0 Å². The van der Waals surface area contributed by atoms with E-state index in [4.69, 9.17) is 4.42 Å². The Kier molecular flexibility index (Phi) is 5.05. The number of hydrogen-bond acceptors (Lipinski definition) is 5. The number of nitrogens with one attached hydrogen (secondary N) is 1. The number of benzene rings is 1. The Morgan fingerprint density at radius 3 is 2.70 bits per heavy atom. The SMILES string of the molecule is CCC(C)C(NCc1c(O)ccc2c(C)cc(=O)oc12)C(=O)O. The van der Waals surface area contributed by atoms with E-state index in [1.54, 1.807) is 13.0 Å². The molecule has 1 aromatic carbocycles. The molecule has 0 amide bonds. The average molecular weight is 319 g/mol. The molecule has 0 spiro atoms. The molecule has 0 fully saturated rings. The van der Waals surface area contributed by atoms with E-state index in [1.165, 1.54) is 12.1 Å². The highest BCUT2D eigenvalue weighted by Crippen LogP contribution is 2.28. The van der Waals surface area contributed by atoms with Crippen LogP contribution in [0, 0.1) is 12.8 Å². The normalized spacial score (nSPS) is 13.9. The lowest BCUT2D eigenvalue weighted by atomic mass is 9.98. The lowest BCUT2D eigenvalue weighted by molar-refractivity contribution is -0.140. The van der Waals surface area contributed by atoms with Crippen LogP contribution in [0.5, 0.6) is 5.75 Å². The number of hydrogen-bond donors (Lipinski definition) is 3. The van der Waals surface area contributed by atoms with Gasteiger partial charge in [0.25, 0.3) is 0 Å².